The lowest BCUT2D eigenvalue weighted by molar-refractivity contribution is 0.328. The number of fused-ring (bicyclic) bond motifs is 1. The Hall–Kier alpha value is -3.42. The van der Waals surface area contributed by atoms with Crippen LogP contribution in [0.1, 0.15) is 0 Å². The minimum Gasteiger partial charge on any atom is -0.492 e. The van der Waals surface area contributed by atoms with E-state index in [0.717, 1.165) is 16.8 Å². The second-order valence-electron chi connectivity index (χ2n) is 6.66. The number of halogens is 1. The Morgan fingerprint density at radius 1 is 1.13 bits per heavy atom. The predicted molar refractivity (Wildman–Crippen MR) is 119 cm³/mol. The average Bonchev–Trinajstić information content (AvgIpc) is 2.77. The van der Waals surface area contributed by atoms with Crippen molar-refractivity contribution in [1.82, 2.24) is 14.5 Å². The van der Waals surface area contributed by atoms with Gasteiger partial charge in [0, 0.05) is 47.0 Å². The summed E-state index contributed by atoms with van der Waals surface area (Å²) in [6.45, 7) is 0.923. The molecule has 30 heavy (non-hydrogen) atoms. The summed E-state index contributed by atoms with van der Waals surface area (Å²) in [6, 6.07) is 16.4. The van der Waals surface area contributed by atoms with Crippen LogP contribution in [0, 0.1) is 0 Å². The van der Waals surface area contributed by atoms with E-state index in [1.807, 2.05) is 42.5 Å². The minimum atomic E-state index is -0.179. The first kappa shape index (κ1) is 19.9. The first-order chi connectivity index (χ1) is 14.6. The summed E-state index contributed by atoms with van der Waals surface area (Å²) in [5.41, 5.74) is 7.77. The van der Waals surface area contributed by atoms with Crippen molar-refractivity contribution in [1.29, 1.82) is 0 Å². The molecule has 0 aliphatic rings. The van der Waals surface area contributed by atoms with E-state index in [1.54, 1.807) is 25.4 Å². The molecule has 4 rings (SSSR count). The van der Waals surface area contributed by atoms with E-state index in [2.05, 4.69) is 15.3 Å². The van der Waals surface area contributed by atoms with Crippen LogP contribution in [0.15, 0.2) is 65.6 Å². The molecule has 0 fully saturated rings. The Bertz CT molecular complexity index is 1250. The Morgan fingerprint density at radius 3 is 2.63 bits per heavy atom. The Morgan fingerprint density at radius 2 is 1.90 bits per heavy atom. The van der Waals surface area contributed by atoms with Gasteiger partial charge in [-0.15, -0.1) is 0 Å². The number of benzene rings is 2. The fourth-order valence-corrected chi connectivity index (χ4v) is 3.36. The monoisotopic (exact) mass is 421 g/mol. The molecular weight excluding hydrogens is 402 g/mol. The number of hydrogen-bond donors (Lipinski definition) is 2. The van der Waals surface area contributed by atoms with Crippen LogP contribution in [0.4, 0.5) is 11.6 Å². The molecule has 2 heterocycles. The van der Waals surface area contributed by atoms with Gasteiger partial charge in [0.05, 0.1) is 0 Å². The summed E-state index contributed by atoms with van der Waals surface area (Å²) >= 11 is 6.28. The van der Waals surface area contributed by atoms with Crippen LogP contribution in [0.2, 0.25) is 5.02 Å². The fourth-order valence-electron chi connectivity index (χ4n) is 3.12. The molecule has 152 valence electrons. The first-order valence-electron chi connectivity index (χ1n) is 9.38. The lowest BCUT2D eigenvalue weighted by atomic mass is 10.1. The van der Waals surface area contributed by atoms with Crippen molar-refractivity contribution in [3.63, 3.8) is 0 Å². The molecule has 0 atom stereocenters. The van der Waals surface area contributed by atoms with Crippen molar-refractivity contribution < 1.29 is 4.74 Å². The highest BCUT2D eigenvalue weighted by Gasteiger charge is 2.13. The zero-order valence-corrected chi connectivity index (χ0v) is 17.1. The molecule has 0 saturated carbocycles. The van der Waals surface area contributed by atoms with E-state index in [9.17, 15) is 4.79 Å². The van der Waals surface area contributed by atoms with Crippen LogP contribution >= 0.6 is 11.6 Å². The Labute approximate surface area is 178 Å². The molecular formula is C22H20ClN5O2. The Balaban J connectivity index is 1.66. The molecule has 3 N–H and O–H groups in total. The molecule has 0 amide bonds. The largest absolute Gasteiger partial charge is 0.492 e. The zero-order valence-electron chi connectivity index (χ0n) is 16.3. The summed E-state index contributed by atoms with van der Waals surface area (Å²) in [6.07, 6.45) is 1.68. The van der Waals surface area contributed by atoms with Crippen LogP contribution in [0.3, 0.4) is 0 Å². The Kier molecular flexibility index (Phi) is 5.65. The highest BCUT2D eigenvalue weighted by molar-refractivity contribution is 6.33. The van der Waals surface area contributed by atoms with Crippen LogP contribution in [-0.4, -0.2) is 27.7 Å². The number of nitrogens with one attached hydrogen (secondary N) is 1. The van der Waals surface area contributed by atoms with Crippen molar-refractivity contribution in [2.75, 3.05) is 18.5 Å². The van der Waals surface area contributed by atoms with Gasteiger partial charge in [0.2, 0.25) is 5.95 Å². The van der Waals surface area contributed by atoms with Crippen molar-refractivity contribution >= 4 is 34.3 Å². The van der Waals surface area contributed by atoms with Gasteiger partial charge in [0.1, 0.15) is 18.0 Å². The summed E-state index contributed by atoms with van der Waals surface area (Å²) in [7, 11) is 1.69. The van der Waals surface area contributed by atoms with Gasteiger partial charge in [-0.05, 0) is 36.4 Å². The maximum atomic E-state index is 12.9. The molecule has 0 aliphatic carbocycles. The van der Waals surface area contributed by atoms with Gasteiger partial charge >= 0.3 is 0 Å². The van der Waals surface area contributed by atoms with Gasteiger partial charge in [-0.2, -0.15) is 4.98 Å². The van der Waals surface area contributed by atoms with E-state index in [-0.39, 0.29) is 5.56 Å². The first-order valence-corrected chi connectivity index (χ1v) is 9.76. The third-order valence-electron chi connectivity index (χ3n) is 4.61. The molecule has 2 aromatic heterocycles. The van der Waals surface area contributed by atoms with Gasteiger partial charge < -0.3 is 15.8 Å². The molecule has 0 aliphatic heterocycles. The number of aromatic nitrogens is 3. The predicted octanol–water partition coefficient (Wildman–Crippen LogP) is 3.73. The summed E-state index contributed by atoms with van der Waals surface area (Å²) in [5.74, 6) is 1.12. The normalized spacial score (nSPS) is 10.9. The number of rotatable bonds is 6. The fraction of sp³-hybridized carbons (Fsp3) is 0.136. The van der Waals surface area contributed by atoms with Gasteiger partial charge in [-0.25, -0.2) is 4.98 Å². The van der Waals surface area contributed by atoms with Gasteiger partial charge in [0.15, 0.2) is 0 Å². The van der Waals surface area contributed by atoms with E-state index >= 15 is 0 Å². The van der Waals surface area contributed by atoms with E-state index in [1.165, 1.54) is 4.57 Å². The van der Waals surface area contributed by atoms with Crippen molar-refractivity contribution in [3.05, 3.63) is 76.2 Å². The standard InChI is InChI=1S/C22H20ClN5O2/c1-28-20-14(12-18(21(28)29)17-4-2-3-5-19(17)23)13-25-22(27-20)26-15-6-8-16(9-7-15)30-11-10-24/h2-9,12-13H,10-11,24H2,1H3,(H,25,26,27). The van der Waals surface area contributed by atoms with Crippen molar-refractivity contribution in [2.45, 2.75) is 0 Å². The maximum Gasteiger partial charge on any atom is 0.259 e. The van der Waals surface area contributed by atoms with E-state index in [4.69, 9.17) is 22.1 Å². The lowest BCUT2D eigenvalue weighted by Gasteiger charge is -2.11. The van der Waals surface area contributed by atoms with E-state index < -0.39 is 0 Å². The maximum absolute atomic E-state index is 12.9. The summed E-state index contributed by atoms with van der Waals surface area (Å²) in [5, 5.41) is 4.40. The third kappa shape index (κ3) is 3.98. The molecule has 0 saturated heterocycles. The lowest BCUT2D eigenvalue weighted by Crippen LogP contribution is -2.20. The average molecular weight is 422 g/mol. The number of aryl methyl sites for hydroxylation is 1. The van der Waals surface area contributed by atoms with Crippen LogP contribution < -0.4 is 21.3 Å². The molecule has 0 spiro atoms. The number of nitrogens with two attached hydrogens (primary N) is 1. The quantitative estimate of drug-likeness (QED) is 0.492. The second-order valence-corrected chi connectivity index (χ2v) is 7.07. The molecule has 0 bridgehead atoms. The molecule has 0 unspecified atom stereocenters. The smallest absolute Gasteiger partial charge is 0.259 e. The highest BCUT2D eigenvalue weighted by Crippen LogP contribution is 2.27. The van der Waals surface area contributed by atoms with Gasteiger partial charge in [-0.3, -0.25) is 9.36 Å². The highest BCUT2D eigenvalue weighted by atomic mass is 35.5. The third-order valence-corrected chi connectivity index (χ3v) is 4.94. The van der Waals surface area contributed by atoms with Crippen LogP contribution in [0.5, 0.6) is 5.75 Å². The molecule has 8 heteroatoms. The number of ether oxygens (including phenoxy) is 1. The van der Waals surface area contributed by atoms with Crippen molar-refractivity contribution in [2.24, 2.45) is 12.8 Å². The number of nitrogens with zero attached hydrogens (tertiary/aromatic N) is 3. The summed E-state index contributed by atoms with van der Waals surface area (Å²) in [4.78, 5) is 21.8. The minimum absolute atomic E-state index is 0.179. The van der Waals surface area contributed by atoms with Gasteiger partial charge in [-0.1, -0.05) is 29.8 Å². The SMILES string of the molecule is Cn1c(=O)c(-c2ccccc2Cl)cc2cnc(Nc3ccc(OCCN)cc3)nc21. The summed E-state index contributed by atoms with van der Waals surface area (Å²) < 4.78 is 6.98. The second kappa shape index (κ2) is 8.52. The molecule has 0 radical (unpaired) electrons. The van der Waals surface area contributed by atoms with E-state index in [0.29, 0.717) is 40.9 Å². The van der Waals surface area contributed by atoms with Crippen LogP contribution in [0.25, 0.3) is 22.2 Å². The zero-order chi connectivity index (χ0) is 21.1. The topological polar surface area (TPSA) is 95.1 Å². The molecule has 7 nitrogen and oxygen atoms in total. The number of hydrogen-bond acceptors (Lipinski definition) is 6. The van der Waals surface area contributed by atoms with Gasteiger partial charge in [0.25, 0.3) is 5.56 Å². The van der Waals surface area contributed by atoms with Crippen LogP contribution in [-0.2, 0) is 7.05 Å². The molecule has 2 aromatic carbocycles. The molecule has 4 aromatic rings. The number of anilines is 2. The number of pyridine rings is 1. The van der Waals surface area contributed by atoms with Crippen molar-refractivity contribution in [3.8, 4) is 16.9 Å².